The van der Waals surface area contributed by atoms with Crippen molar-refractivity contribution in [3.8, 4) is 0 Å². The Hall–Kier alpha value is -3.55. The topological polar surface area (TPSA) is 185 Å². The fourth-order valence-corrected chi connectivity index (χ4v) is 11.4. The fraction of sp³-hybridized carbons (Fsp3) is 0.717. The summed E-state index contributed by atoms with van der Waals surface area (Å²) in [6.45, 7) is 21.3. The van der Waals surface area contributed by atoms with E-state index in [9.17, 15) is 19.5 Å². The smallest absolute Gasteiger partial charge is 0.338 e. The zero-order chi connectivity index (χ0) is 50.2. The predicted molar refractivity (Wildman–Crippen MR) is 250 cm³/mol. The Morgan fingerprint density at radius 3 is 1.88 bits per heavy atom. The summed E-state index contributed by atoms with van der Waals surface area (Å²) in [6.07, 6.45) is -9.25. The van der Waals surface area contributed by atoms with Gasteiger partial charge in [-0.25, -0.2) is 9.59 Å². The number of carbonyl (C=O) groups excluding carboxylic acids is 3. The van der Waals surface area contributed by atoms with E-state index in [2.05, 4.69) is 13.8 Å². The zero-order valence-electron chi connectivity index (χ0n) is 42.6. The van der Waals surface area contributed by atoms with Crippen LogP contribution in [-0.2, 0) is 61.6 Å². The quantitative estimate of drug-likeness (QED) is 0.135. The van der Waals surface area contributed by atoms with Gasteiger partial charge in [0.1, 0.15) is 17.8 Å². The van der Waals surface area contributed by atoms with E-state index in [0.717, 1.165) is 0 Å². The maximum absolute atomic E-state index is 14.9. The fourth-order valence-electron chi connectivity index (χ4n) is 11.4. The number of ether oxygens (including phenoxy) is 12. The summed E-state index contributed by atoms with van der Waals surface area (Å²) in [4.78, 5) is 42.0. The standard InChI is InChI=1S/C53H76O16/c1-14-38-53(28-60-53)44-31(4)40(68-50(8,9)69-44)29(2)26-51(10,58-12)43(67-49-42(37(54)25-30(3)61-49)65-47(56)35-21-17-15-18-22-35)32(5)41(33(6)46(55)63-38)64-39-27-52(11,59-13)45(34(7)62-39)66-48(57)36-23-19-16-20-24-36/h15-24,29-34,37-45,49,54H,14,25-28H2,1-13H3/t29?,30?,31?,32?,33?,34?,37?,38?,39-,40?,41?,42+,43+,44+,45-,49?,51-,52+,53+/m0/s1. The average Bonchev–Trinajstić information content (AvgIpc) is 4.13. The van der Waals surface area contributed by atoms with Gasteiger partial charge in [-0.3, -0.25) is 4.79 Å². The molecule has 0 saturated carbocycles. The van der Waals surface area contributed by atoms with Crippen molar-refractivity contribution in [2.24, 2.45) is 23.7 Å². The van der Waals surface area contributed by atoms with Gasteiger partial charge in [0.2, 0.25) is 0 Å². The number of fused-ring (bicyclic) bond motifs is 3. The third-order valence-electron chi connectivity index (χ3n) is 15.3. The molecule has 384 valence electrons. The van der Waals surface area contributed by atoms with Gasteiger partial charge >= 0.3 is 17.9 Å². The first-order valence-electron chi connectivity index (χ1n) is 24.7. The maximum atomic E-state index is 14.9. The number of epoxide rings is 1. The predicted octanol–water partition coefficient (Wildman–Crippen LogP) is 7.21. The Balaban J connectivity index is 1.29. The van der Waals surface area contributed by atoms with E-state index in [1.165, 1.54) is 0 Å². The highest BCUT2D eigenvalue weighted by Gasteiger charge is 2.65. The van der Waals surface area contributed by atoms with Crippen LogP contribution < -0.4 is 0 Å². The molecule has 2 bridgehead atoms. The van der Waals surface area contributed by atoms with Crippen molar-refractivity contribution in [2.75, 3.05) is 20.8 Å². The highest BCUT2D eigenvalue weighted by atomic mass is 16.7. The number of rotatable bonds is 11. The number of hydrogen-bond donors (Lipinski definition) is 1. The summed E-state index contributed by atoms with van der Waals surface area (Å²) < 4.78 is 78.6. The lowest BCUT2D eigenvalue weighted by Gasteiger charge is -2.52. The van der Waals surface area contributed by atoms with Crippen molar-refractivity contribution in [1.82, 2.24) is 0 Å². The minimum atomic E-state index is -1.30. The first-order chi connectivity index (χ1) is 32.6. The summed E-state index contributed by atoms with van der Waals surface area (Å²) >= 11 is 0. The minimum Gasteiger partial charge on any atom is -0.459 e. The van der Waals surface area contributed by atoms with Gasteiger partial charge in [0.25, 0.3) is 0 Å². The van der Waals surface area contributed by atoms with Gasteiger partial charge in [-0.2, -0.15) is 0 Å². The zero-order valence-corrected chi connectivity index (χ0v) is 42.6. The summed E-state index contributed by atoms with van der Waals surface area (Å²) in [6, 6.07) is 17.2. The van der Waals surface area contributed by atoms with Crippen LogP contribution >= 0.6 is 0 Å². The van der Waals surface area contributed by atoms with Crippen LogP contribution in [0.5, 0.6) is 0 Å². The molecule has 16 heteroatoms. The Kier molecular flexibility index (Phi) is 16.4. The van der Waals surface area contributed by atoms with Crippen LogP contribution in [0.1, 0.15) is 123 Å². The van der Waals surface area contributed by atoms with Crippen molar-refractivity contribution in [3.63, 3.8) is 0 Å². The first kappa shape index (κ1) is 53.3. The monoisotopic (exact) mass is 969 g/mol. The van der Waals surface area contributed by atoms with E-state index in [-0.39, 0.29) is 30.8 Å². The Labute approximate surface area is 407 Å². The van der Waals surface area contributed by atoms with E-state index in [1.54, 1.807) is 82.7 Å². The molecule has 2 aromatic rings. The second-order valence-corrected chi connectivity index (χ2v) is 21.0. The van der Waals surface area contributed by atoms with Gasteiger partial charge in [-0.1, -0.05) is 64.1 Å². The number of cyclic esters (lactones) is 1. The van der Waals surface area contributed by atoms with Gasteiger partial charge < -0.3 is 61.9 Å². The molecule has 1 spiro atoms. The third kappa shape index (κ3) is 11.3. The van der Waals surface area contributed by atoms with Crippen LogP contribution in [0.15, 0.2) is 60.7 Å². The molecule has 0 amide bonds. The van der Waals surface area contributed by atoms with Gasteiger partial charge in [-0.05, 0) is 91.5 Å². The molecular formula is C53H76O16. The average molecular weight is 969 g/mol. The molecule has 7 rings (SSSR count). The molecule has 11 unspecified atom stereocenters. The number of aliphatic hydroxyl groups is 1. The first-order valence-corrected chi connectivity index (χ1v) is 24.7. The number of aliphatic hydroxyl groups excluding tert-OH is 1. The highest BCUT2D eigenvalue weighted by molar-refractivity contribution is 5.90. The normalized spacial score (nSPS) is 42.7. The van der Waals surface area contributed by atoms with Gasteiger partial charge in [0, 0.05) is 38.9 Å². The highest BCUT2D eigenvalue weighted by Crippen LogP contribution is 2.51. The van der Waals surface area contributed by atoms with Crippen LogP contribution in [0.25, 0.3) is 0 Å². The molecule has 0 aliphatic carbocycles. The largest absolute Gasteiger partial charge is 0.459 e. The van der Waals surface area contributed by atoms with E-state index < -0.39 is 120 Å². The molecule has 5 fully saturated rings. The lowest BCUT2D eigenvalue weighted by atomic mass is 9.73. The molecule has 16 nitrogen and oxygen atoms in total. The molecule has 0 radical (unpaired) electrons. The van der Waals surface area contributed by atoms with E-state index in [0.29, 0.717) is 30.6 Å². The molecule has 5 heterocycles. The number of carbonyl (C=O) groups is 3. The molecule has 0 aromatic heterocycles. The van der Waals surface area contributed by atoms with E-state index in [1.807, 2.05) is 54.5 Å². The molecule has 5 aliphatic rings. The van der Waals surface area contributed by atoms with Gasteiger partial charge in [0.15, 0.2) is 36.2 Å². The number of hydrogen-bond acceptors (Lipinski definition) is 16. The Morgan fingerprint density at radius 2 is 1.32 bits per heavy atom. The van der Waals surface area contributed by atoms with Crippen LogP contribution in [0.2, 0.25) is 0 Å². The lowest BCUT2D eigenvalue weighted by Crippen LogP contribution is -2.63. The lowest BCUT2D eigenvalue weighted by molar-refractivity contribution is -0.345. The van der Waals surface area contributed by atoms with Crippen molar-refractivity contribution in [1.29, 1.82) is 0 Å². The molecule has 5 saturated heterocycles. The van der Waals surface area contributed by atoms with Gasteiger partial charge in [0.05, 0.1) is 65.9 Å². The Bertz CT molecular complexity index is 2050. The molecule has 19 atom stereocenters. The number of benzene rings is 2. The molecule has 2 aromatic carbocycles. The third-order valence-corrected chi connectivity index (χ3v) is 15.3. The van der Waals surface area contributed by atoms with Crippen LogP contribution in [0.3, 0.4) is 0 Å². The molecule has 5 aliphatic heterocycles. The second kappa shape index (κ2) is 21.3. The van der Waals surface area contributed by atoms with Crippen molar-refractivity contribution < 1.29 is 76.3 Å². The summed E-state index contributed by atoms with van der Waals surface area (Å²) in [5, 5.41) is 11.6. The van der Waals surface area contributed by atoms with Gasteiger partial charge in [-0.15, -0.1) is 0 Å². The second-order valence-electron chi connectivity index (χ2n) is 21.0. The summed E-state index contributed by atoms with van der Waals surface area (Å²) in [5.41, 5.74) is -2.54. The molecular weight excluding hydrogens is 893 g/mol. The molecule has 1 N–H and O–H groups in total. The van der Waals surface area contributed by atoms with E-state index >= 15 is 0 Å². The van der Waals surface area contributed by atoms with Crippen molar-refractivity contribution in [3.05, 3.63) is 71.8 Å². The number of methoxy groups -OCH3 is 2. The maximum Gasteiger partial charge on any atom is 0.338 e. The van der Waals surface area contributed by atoms with Crippen LogP contribution in [0, 0.1) is 23.7 Å². The van der Waals surface area contributed by atoms with Crippen molar-refractivity contribution in [2.45, 2.75) is 198 Å². The summed E-state index contributed by atoms with van der Waals surface area (Å²) in [5.74, 6) is -4.88. The Morgan fingerprint density at radius 1 is 0.739 bits per heavy atom. The minimum absolute atomic E-state index is 0.100. The summed E-state index contributed by atoms with van der Waals surface area (Å²) in [7, 11) is 3.15. The number of esters is 3. The van der Waals surface area contributed by atoms with E-state index in [4.69, 9.17) is 56.8 Å². The van der Waals surface area contributed by atoms with Crippen molar-refractivity contribution >= 4 is 17.9 Å². The molecule has 69 heavy (non-hydrogen) atoms. The van der Waals surface area contributed by atoms with Crippen LogP contribution in [-0.4, -0.2) is 140 Å². The SMILES string of the molecule is CCC1OC(=O)C(C)C(O[C@H]2C[C@@](C)(OC)[C@@H](OC(=O)c3ccccc3)C(C)O2)C(C)[C@@H](OC2OC(C)CC(O)[C@H]2OC(=O)c2ccccc2)[C@@](C)(OC)CC(C)C2OC(C)(C)O[C@H](C2C)[C@@]12CO2. The van der Waals surface area contributed by atoms with Crippen LogP contribution in [0.4, 0.5) is 0 Å².